The van der Waals surface area contributed by atoms with Crippen molar-refractivity contribution in [3.8, 4) is 0 Å². The van der Waals surface area contributed by atoms with Crippen molar-refractivity contribution in [2.24, 2.45) is 5.92 Å². The van der Waals surface area contributed by atoms with Crippen molar-refractivity contribution < 1.29 is 19.4 Å². The predicted molar refractivity (Wildman–Crippen MR) is 80.4 cm³/mol. The quantitative estimate of drug-likeness (QED) is 0.754. The Morgan fingerprint density at radius 2 is 2.05 bits per heavy atom. The molecule has 4 atom stereocenters. The number of hydrogen-bond donors (Lipinski definition) is 2. The predicted octanol–water partition coefficient (Wildman–Crippen LogP) is 2.19. The third-order valence-corrected chi connectivity index (χ3v) is 5.38. The van der Waals surface area contributed by atoms with Crippen molar-refractivity contribution in [3.63, 3.8) is 0 Å². The highest BCUT2D eigenvalue weighted by Crippen LogP contribution is 2.38. The molecule has 2 N–H and O–H groups in total. The van der Waals surface area contributed by atoms with Gasteiger partial charge in [0.2, 0.25) is 0 Å². The zero-order valence-corrected chi connectivity index (χ0v) is 13.3. The maximum Gasteiger partial charge on any atom is 0.324 e. The Morgan fingerprint density at radius 3 is 2.71 bits per heavy atom. The van der Waals surface area contributed by atoms with Crippen LogP contribution < -0.4 is 5.32 Å². The molecule has 0 aromatic rings. The Hall–Kier alpha value is -0.650. The van der Waals surface area contributed by atoms with Crippen molar-refractivity contribution >= 4 is 5.97 Å². The second kappa shape index (κ2) is 7.56. The molecule has 0 amide bonds. The summed E-state index contributed by atoms with van der Waals surface area (Å²) in [6.45, 7) is 0.655. The first-order valence-corrected chi connectivity index (χ1v) is 8.19. The number of nitrogens with one attached hydrogen (secondary N) is 1. The largest absolute Gasteiger partial charge is 0.480 e. The number of hydrogen-bond acceptors (Lipinski definition) is 4. The van der Waals surface area contributed by atoms with E-state index in [9.17, 15) is 9.90 Å². The van der Waals surface area contributed by atoms with Crippen molar-refractivity contribution in [3.05, 3.63) is 0 Å². The van der Waals surface area contributed by atoms with Gasteiger partial charge in [0.15, 0.2) is 0 Å². The Bertz CT molecular complexity index is 349. The molecule has 2 fully saturated rings. The van der Waals surface area contributed by atoms with Crippen LogP contribution in [0.1, 0.15) is 51.4 Å². The summed E-state index contributed by atoms with van der Waals surface area (Å²) in [4.78, 5) is 11.6. The van der Waals surface area contributed by atoms with E-state index in [4.69, 9.17) is 9.47 Å². The van der Waals surface area contributed by atoms with Crippen LogP contribution in [0.25, 0.3) is 0 Å². The highest BCUT2D eigenvalue weighted by Gasteiger charge is 2.47. The first-order chi connectivity index (χ1) is 10.1. The van der Waals surface area contributed by atoms with Crippen LogP contribution in [-0.4, -0.2) is 49.6 Å². The molecular formula is C16H29NO4. The molecule has 2 aliphatic rings. The summed E-state index contributed by atoms with van der Waals surface area (Å²) in [5.41, 5.74) is -0.745. The average Bonchev–Trinajstić information content (AvgIpc) is 2.92. The summed E-state index contributed by atoms with van der Waals surface area (Å²) in [6, 6.07) is 0. The number of carboxylic acids is 1. The van der Waals surface area contributed by atoms with E-state index in [1.54, 1.807) is 14.2 Å². The number of aliphatic carboxylic acids is 1. The van der Waals surface area contributed by atoms with Gasteiger partial charge in [0, 0.05) is 13.7 Å². The van der Waals surface area contributed by atoms with Gasteiger partial charge in [-0.3, -0.25) is 4.79 Å². The second-order valence-electron chi connectivity index (χ2n) is 6.42. The van der Waals surface area contributed by atoms with Crippen molar-refractivity contribution in [2.75, 3.05) is 20.8 Å². The van der Waals surface area contributed by atoms with Gasteiger partial charge in [-0.15, -0.1) is 0 Å². The highest BCUT2D eigenvalue weighted by molar-refractivity contribution is 5.79. The summed E-state index contributed by atoms with van der Waals surface area (Å²) >= 11 is 0. The van der Waals surface area contributed by atoms with Gasteiger partial charge in [-0.2, -0.15) is 0 Å². The molecule has 0 radical (unpaired) electrons. The molecule has 4 unspecified atom stereocenters. The number of likely N-dealkylation sites (N-methyl/N-ethyl adjacent to an activating group) is 1. The monoisotopic (exact) mass is 299 g/mol. The number of ether oxygens (including phenoxy) is 2. The topological polar surface area (TPSA) is 67.8 Å². The Morgan fingerprint density at radius 1 is 1.29 bits per heavy atom. The number of carboxylic acid groups (broad SMARTS) is 1. The van der Waals surface area contributed by atoms with E-state index < -0.39 is 11.5 Å². The summed E-state index contributed by atoms with van der Waals surface area (Å²) in [7, 11) is 3.53. The van der Waals surface area contributed by atoms with Gasteiger partial charge in [0.1, 0.15) is 5.54 Å². The van der Waals surface area contributed by atoms with Gasteiger partial charge in [-0.05, 0) is 57.9 Å². The molecule has 5 heteroatoms. The molecule has 0 saturated heterocycles. The molecule has 0 bridgehead atoms. The molecule has 0 aliphatic heterocycles. The molecule has 5 nitrogen and oxygen atoms in total. The van der Waals surface area contributed by atoms with Gasteiger partial charge in [-0.25, -0.2) is 0 Å². The lowest BCUT2D eigenvalue weighted by molar-refractivity contribution is -0.146. The molecule has 0 aromatic heterocycles. The van der Waals surface area contributed by atoms with Gasteiger partial charge in [-0.1, -0.05) is 6.42 Å². The Balaban J connectivity index is 1.78. The van der Waals surface area contributed by atoms with E-state index in [-0.39, 0.29) is 12.0 Å². The van der Waals surface area contributed by atoms with Gasteiger partial charge in [0.05, 0.1) is 12.2 Å². The van der Waals surface area contributed by atoms with Crippen LogP contribution in [0.15, 0.2) is 0 Å². The minimum Gasteiger partial charge on any atom is -0.480 e. The van der Waals surface area contributed by atoms with E-state index >= 15 is 0 Å². The van der Waals surface area contributed by atoms with Crippen LogP contribution in [0, 0.1) is 5.92 Å². The summed E-state index contributed by atoms with van der Waals surface area (Å²) in [5, 5.41) is 12.6. The van der Waals surface area contributed by atoms with Crippen LogP contribution in [0.4, 0.5) is 0 Å². The van der Waals surface area contributed by atoms with Crippen LogP contribution >= 0.6 is 0 Å². The molecule has 2 rings (SSSR count). The third kappa shape index (κ3) is 3.76. The number of carbonyl (C=O) groups is 1. The SMILES string of the molecule is CNC1(C(=O)O)CCCC1CCOC1CCCC(OC)C1. The van der Waals surface area contributed by atoms with E-state index in [1.807, 2.05) is 0 Å². The summed E-state index contributed by atoms with van der Waals surface area (Å²) < 4.78 is 11.4. The number of rotatable bonds is 7. The molecule has 0 heterocycles. The minimum atomic E-state index is -0.745. The van der Waals surface area contributed by atoms with Crippen LogP contribution in [0.3, 0.4) is 0 Å². The van der Waals surface area contributed by atoms with Gasteiger partial charge < -0.3 is 19.9 Å². The normalized spacial score (nSPS) is 36.8. The smallest absolute Gasteiger partial charge is 0.324 e. The molecular weight excluding hydrogens is 270 g/mol. The highest BCUT2D eigenvalue weighted by atomic mass is 16.5. The summed E-state index contributed by atoms with van der Waals surface area (Å²) in [5.74, 6) is -0.550. The fourth-order valence-electron chi connectivity index (χ4n) is 4.03. The Kier molecular flexibility index (Phi) is 6.02. The first kappa shape index (κ1) is 16.7. The molecule has 0 aromatic carbocycles. The van der Waals surface area contributed by atoms with E-state index in [0.717, 1.165) is 51.4 Å². The zero-order valence-electron chi connectivity index (χ0n) is 13.3. The minimum absolute atomic E-state index is 0.168. The molecule has 2 saturated carbocycles. The molecule has 0 spiro atoms. The molecule has 2 aliphatic carbocycles. The Labute approximate surface area is 127 Å². The fourth-order valence-corrected chi connectivity index (χ4v) is 4.03. The van der Waals surface area contributed by atoms with Gasteiger partial charge >= 0.3 is 5.97 Å². The lowest BCUT2D eigenvalue weighted by Gasteiger charge is -2.32. The molecule has 122 valence electrons. The maximum atomic E-state index is 11.6. The molecule has 21 heavy (non-hydrogen) atoms. The van der Waals surface area contributed by atoms with Crippen molar-refractivity contribution in [1.29, 1.82) is 0 Å². The van der Waals surface area contributed by atoms with Crippen molar-refractivity contribution in [1.82, 2.24) is 5.32 Å². The first-order valence-electron chi connectivity index (χ1n) is 8.19. The lowest BCUT2D eigenvalue weighted by atomic mass is 9.85. The summed E-state index contributed by atoms with van der Waals surface area (Å²) in [6.07, 6.45) is 8.44. The fraction of sp³-hybridized carbons (Fsp3) is 0.938. The van der Waals surface area contributed by atoms with Crippen LogP contribution in [-0.2, 0) is 14.3 Å². The second-order valence-corrected chi connectivity index (χ2v) is 6.42. The van der Waals surface area contributed by atoms with Crippen LogP contribution in [0.2, 0.25) is 0 Å². The number of methoxy groups -OCH3 is 1. The lowest BCUT2D eigenvalue weighted by Crippen LogP contribution is -2.53. The van der Waals surface area contributed by atoms with E-state index in [0.29, 0.717) is 12.7 Å². The third-order valence-electron chi connectivity index (χ3n) is 5.38. The van der Waals surface area contributed by atoms with Gasteiger partial charge in [0.25, 0.3) is 0 Å². The van der Waals surface area contributed by atoms with E-state index in [2.05, 4.69) is 5.32 Å². The maximum absolute atomic E-state index is 11.6. The van der Waals surface area contributed by atoms with E-state index in [1.165, 1.54) is 0 Å². The van der Waals surface area contributed by atoms with Crippen molar-refractivity contribution in [2.45, 2.75) is 69.1 Å². The average molecular weight is 299 g/mol. The van der Waals surface area contributed by atoms with Crippen LogP contribution in [0.5, 0.6) is 0 Å². The zero-order chi connectivity index (χ0) is 15.3. The standard InChI is InChI=1S/C16H29NO4/c1-17-16(15(18)19)9-4-5-12(16)8-10-21-14-7-3-6-13(11-14)20-2/h12-14,17H,3-11H2,1-2H3,(H,18,19).